The summed E-state index contributed by atoms with van der Waals surface area (Å²) in [6.45, 7) is 3.17. The van der Waals surface area contributed by atoms with Crippen molar-refractivity contribution in [3.05, 3.63) is 48.2 Å². The molecule has 0 aliphatic heterocycles. The van der Waals surface area contributed by atoms with Crippen molar-refractivity contribution in [2.75, 3.05) is 11.4 Å². The number of rotatable bonds is 4. The SMILES string of the molecule is CCCN(c1ccncc1)c1csc2cccnc12. The van der Waals surface area contributed by atoms with Gasteiger partial charge >= 0.3 is 0 Å². The maximum absolute atomic E-state index is 4.52. The van der Waals surface area contributed by atoms with Crippen LogP contribution < -0.4 is 4.90 Å². The summed E-state index contributed by atoms with van der Waals surface area (Å²) in [4.78, 5) is 10.9. The Morgan fingerprint density at radius 1 is 1.16 bits per heavy atom. The van der Waals surface area contributed by atoms with E-state index in [9.17, 15) is 0 Å². The number of thiophene rings is 1. The first-order valence-corrected chi connectivity index (χ1v) is 7.28. The van der Waals surface area contributed by atoms with Gasteiger partial charge in [-0.05, 0) is 30.7 Å². The summed E-state index contributed by atoms with van der Waals surface area (Å²) >= 11 is 1.74. The Hall–Kier alpha value is -1.94. The van der Waals surface area contributed by atoms with Crippen LogP contribution in [0.25, 0.3) is 10.2 Å². The van der Waals surface area contributed by atoms with Crippen molar-refractivity contribution in [2.24, 2.45) is 0 Å². The third kappa shape index (κ3) is 2.31. The molecule has 0 bridgehead atoms. The fourth-order valence-corrected chi connectivity index (χ4v) is 3.08. The lowest BCUT2D eigenvalue weighted by atomic mass is 10.2. The number of fused-ring (bicyclic) bond motifs is 1. The lowest BCUT2D eigenvalue weighted by molar-refractivity contribution is 0.887. The minimum atomic E-state index is 0.979. The van der Waals surface area contributed by atoms with Gasteiger partial charge in [0, 0.05) is 36.2 Å². The predicted molar refractivity (Wildman–Crippen MR) is 81.2 cm³/mol. The van der Waals surface area contributed by atoms with Gasteiger partial charge in [0.05, 0.1) is 10.4 Å². The van der Waals surface area contributed by atoms with Crippen LogP contribution in [0.3, 0.4) is 0 Å². The Balaban J connectivity index is 2.10. The van der Waals surface area contributed by atoms with Gasteiger partial charge in [0.2, 0.25) is 0 Å². The summed E-state index contributed by atoms with van der Waals surface area (Å²) < 4.78 is 1.23. The largest absolute Gasteiger partial charge is 0.339 e. The molecule has 3 aromatic heterocycles. The van der Waals surface area contributed by atoms with E-state index in [4.69, 9.17) is 0 Å². The van der Waals surface area contributed by atoms with Gasteiger partial charge < -0.3 is 4.90 Å². The number of aromatic nitrogens is 2. The summed E-state index contributed by atoms with van der Waals surface area (Å²) in [5.74, 6) is 0. The van der Waals surface area contributed by atoms with Gasteiger partial charge in [-0.25, -0.2) is 0 Å². The molecule has 96 valence electrons. The molecule has 0 saturated carbocycles. The highest BCUT2D eigenvalue weighted by atomic mass is 32.1. The molecule has 0 radical (unpaired) electrons. The van der Waals surface area contributed by atoms with Crippen molar-refractivity contribution in [1.82, 2.24) is 9.97 Å². The van der Waals surface area contributed by atoms with Crippen LogP contribution in [0.5, 0.6) is 0 Å². The monoisotopic (exact) mass is 269 g/mol. The molecule has 3 aromatic rings. The van der Waals surface area contributed by atoms with E-state index in [1.807, 2.05) is 36.8 Å². The molecule has 19 heavy (non-hydrogen) atoms. The molecule has 0 saturated heterocycles. The van der Waals surface area contributed by atoms with Gasteiger partial charge in [-0.1, -0.05) is 6.92 Å². The van der Waals surface area contributed by atoms with E-state index in [1.165, 1.54) is 16.1 Å². The molecule has 4 heteroatoms. The van der Waals surface area contributed by atoms with Gasteiger partial charge in [0.1, 0.15) is 5.52 Å². The smallest absolute Gasteiger partial charge is 0.105 e. The second kappa shape index (κ2) is 5.36. The lowest BCUT2D eigenvalue weighted by Gasteiger charge is -2.23. The van der Waals surface area contributed by atoms with Crippen LogP contribution >= 0.6 is 11.3 Å². The van der Waals surface area contributed by atoms with Crippen molar-refractivity contribution < 1.29 is 0 Å². The molecule has 0 fully saturated rings. The first-order chi connectivity index (χ1) is 9.40. The first-order valence-electron chi connectivity index (χ1n) is 6.40. The first kappa shape index (κ1) is 12.1. The topological polar surface area (TPSA) is 29.0 Å². The fourth-order valence-electron chi connectivity index (χ4n) is 2.18. The minimum absolute atomic E-state index is 0.979. The van der Waals surface area contributed by atoms with E-state index in [-0.39, 0.29) is 0 Å². The summed E-state index contributed by atoms with van der Waals surface area (Å²) in [7, 11) is 0. The Kier molecular flexibility index (Phi) is 3.42. The van der Waals surface area contributed by atoms with Crippen LogP contribution in [0.15, 0.2) is 48.2 Å². The highest BCUT2D eigenvalue weighted by Gasteiger charge is 2.13. The molecule has 0 spiro atoms. The highest BCUT2D eigenvalue weighted by Crippen LogP contribution is 2.35. The van der Waals surface area contributed by atoms with Gasteiger partial charge in [0.25, 0.3) is 0 Å². The lowest BCUT2D eigenvalue weighted by Crippen LogP contribution is -2.17. The average Bonchev–Trinajstić information content (AvgIpc) is 2.89. The van der Waals surface area contributed by atoms with Gasteiger partial charge in [0.15, 0.2) is 0 Å². The minimum Gasteiger partial charge on any atom is -0.339 e. The van der Waals surface area contributed by atoms with Crippen molar-refractivity contribution >= 4 is 32.9 Å². The fraction of sp³-hybridized carbons (Fsp3) is 0.200. The van der Waals surface area contributed by atoms with Crippen LogP contribution in [0.1, 0.15) is 13.3 Å². The Labute approximate surface area is 116 Å². The standard InChI is InChI=1S/C15H15N3S/c1-2-10-18(12-5-8-16-9-6-12)13-11-19-14-4-3-7-17-15(13)14/h3-9,11H,2,10H2,1H3. The van der Waals surface area contributed by atoms with E-state index in [0.717, 1.165) is 18.5 Å². The van der Waals surface area contributed by atoms with E-state index in [2.05, 4.69) is 33.2 Å². The maximum Gasteiger partial charge on any atom is 0.105 e. The number of hydrogen-bond donors (Lipinski definition) is 0. The Bertz CT molecular complexity index is 663. The van der Waals surface area contributed by atoms with E-state index < -0.39 is 0 Å². The third-order valence-electron chi connectivity index (χ3n) is 3.02. The molecule has 0 amide bonds. The molecule has 0 aliphatic rings. The van der Waals surface area contributed by atoms with Gasteiger partial charge in [-0.15, -0.1) is 11.3 Å². The third-order valence-corrected chi connectivity index (χ3v) is 3.95. The molecule has 0 aliphatic carbocycles. The second-order valence-corrected chi connectivity index (χ2v) is 5.24. The van der Waals surface area contributed by atoms with Crippen molar-refractivity contribution in [3.63, 3.8) is 0 Å². The number of hydrogen-bond acceptors (Lipinski definition) is 4. The zero-order chi connectivity index (χ0) is 13.1. The predicted octanol–water partition coefficient (Wildman–Crippen LogP) is 4.24. The van der Waals surface area contributed by atoms with E-state index in [0.29, 0.717) is 0 Å². The summed E-state index contributed by atoms with van der Waals surface area (Å²) in [6, 6.07) is 8.19. The van der Waals surface area contributed by atoms with E-state index >= 15 is 0 Å². The zero-order valence-corrected chi connectivity index (χ0v) is 11.6. The molecule has 3 heterocycles. The van der Waals surface area contributed by atoms with Crippen molar-refractivity contribution in [3.8, 4) is 0 Å². The Morgan fingerprint density at radius 3 is 2.79 bits per heavy atom. The summed E-state index contributed by atoms with van der Waals surface area (Å²) in [6.07, 6.45) is 6.61. The number of nitrogens with zero attached hydrogens (tertiary/aromatic N) is 3. The van der Waals surface area contributed by atoms with E-state index in [1.54, 1.807) is 11.3 Å². The number of pyridine rings is 2. The molecule has 0 aromatic carbocycles. The van der Waals surface area contributed by atoms with Gasteiger partial charge in [-0.3, -0.25) is 9.97 Å². The van der Waals surface area contributed by atoms with Crippen LogP contribution in [0.2, 0.25) is 0 Å². The van der Waals surface area contributed by atoms with Crippen molar-refractivity contribution in [2.45, 2.75) is 13.3 Å². The van der Waals surface area contributed by atoms with Crippen LogP contribution in [0, 0.1) is 0 Å². The average molecular weight is 269 g/mol. The van der Waals surface area contributed by atoms with Crippen LogP contribution in [0.4, 0.5) is 11.4 Å². The normalized spacial score (nSPS) is 10.8. The molecule has 3 nitrogen and oxygen atoms in total. The van der Waals surface area contributed by atoms with Crippen LogP contribution in [-0.2, 0) is 0 Å². The van der Waals surface area contributed by atoms with Gasteiger partial charge in [-0.2, -0.15) is 0 Å². The molecule has 0 atom stereocenters. The quantitative estimate of drug-likeness (QED) is 0.709. The molecule has 0 unspecified atom stereocenters. The molecular weight excluding hydrogens is 254 g/mol. The summed E-state index contributed by atoms with van der Waals surface area (Å²) in [5, 5.41) is 2.19. The summed E-state index contributed by atoms with van der Waals surface area (Å²) in [5.41, 5.74) is 3.44. The highest BCUT2D eigenvalue weighted by molar-refractivity contribution is 7.17. The second-order valence-electron chi connectivity index (χ2n) is 4.33. The van der Waals surface area contributed by atoms with Crippen molar-refractivity contribution in [1.29, 1.82) is 0 Å². The number of anilines is 2. The maximum atomic E-state index is 4.52. The molecular formula is C15H15N3S. The molecule has 0 N–H and O–H groups in total. The van der Waals surface area contributed by atoms with Crippen LogP contribution in [-0.4, -0.2) is 16.5 Å². The molecule has 3 rings (SSSR count). The Morgan fingerprint density at radius 2 is 2.00 bits per heavy atom. The zero-order valence-electron chi connectivity index (χ0n) is 10.8.